The first kappa shape index (κ1) is 15.3. The predicted octanol–water partition coefficient (Wildman–Crippen LogP) is 2.27. The molecule has 3 nitrogen and oxygen atoms in total. The highest BCUT2D eigenvalue weighted by Crippen LogP contribution is 2.28. The Labute approximate surface area is 112 Å². The Hall–Kier alpha value is -0.790. The number of anilines is 1. The number of nitrogens with two attached hydrogens (primary N) is 1. The number of alkyl halides is 3. The molecule has 0 aromatic heterocycles. The van der Waals surface area contributed by atoms with Crippen LogP contribution in [0.3, 0.4) is 0 Å². The molecule has 0 spiro atoms. The SMILES string of the molecule is NCc1ccc(Br)cc1N(CCO)CC(F)(F)F. The van der Waals surface area contributed by atoms with Crippen LogP contribution in [0.4, 0.5) is 18.9 Å². The molecule has 0 aliphatic heterocycles. The van der Waals surface area contributed by atoms with Crippen molar-refractivity contribution in [1.29, 1.82) is 0 Å². The van der Waals surface area contributed by atoms with Gasteiger partial charge < -0.3 is 15.7 Å². The van der Waals surface area contributed by atoms with E-state index in [1.54, 1.807) is 18.2 Å². The molecule has 0 aliphatic carbocycles. The van der Waals surface area contributed by atoms with Crippen molar-refractivity contribution in [1.82, 2.24) is 0 Å². The van der Waals surface area contributed by atoms with Crippen molar-refractivity contribution in [3.8, 4) is 0 Å². The number of aliphatic hydroxyl groups is 1. The van der Waals surface area contributed by atoms with Crippen molar-refractivity contribution in [2.45, 2.75) is 12.7 Å². The summed E-state index contributed by atoms with van der Waals surface area (Å²) >= 11 is 3.21. The molecule has 0 saturated heterocycles. The molecule has 3 N–H and O–H groups in total. The zero-order valence-corrected chi connectivity index (χ0v) is 11.1. The quantitative estimate of drug-likeness (QED) is 0.872. The molecular formula is C11H14BrF3N2O. The van der Waals surface area contributed by atoms with Gasteiger partial charge in [-0.05, 0) is 17.7 Å². The van der Waals surface area contributed by atoms with Gasteiger partial charge in [-0.3, -0.25) is 0 Å². The van der Waals surface area contributed by atoms with Gasteiger partial charge >= 0.3 is 6.18 Å². The van der Waals surface area contributed by atoms with E-state index in [1.807, 2.05) is 0 Å². The van der Waals surface area contributed by atoms with E-state index in [0.717, 1.165) is 4.90 Å². The van der Waals surface area contributed by atoms with E-state index in [0.29, 0.717) is 15.7 Å². The molecule has 1 aromatic rings. The largest absolute Gasteiger partial charge is 0.405 e. The van der Waals surface area contributed by atoms with E-state index in [-0.39, 0.29) is 19.7 Å². The van der Waals surface area contributed by atoms with Crippen molar-refractivity contribution in [2.24, 2.45) is 5.73 Å². The lowest BCUT2D eigenvalue weighted by Crippen LogP contribution is -2.37. The highest BCUT2D eigenvalue weighted by molar-refractivity contribution is 9.10. The minimum absolute atomic E-state index is 0.0943. The van der Waals surface area contributed by atoms with Gasteiger partial charge in [-0.1, -0.05) is 22.0 Å². The van der Waals surface area contributed by atoms with E-state index in [4.69, 9.17) is 10.8 Å². The van der Waals surface area contributed by atoms with Gasteiger partial charge in [0.2, 0.25) is 0 Å². The smallest absolute Gasteiger partial charge is 0.395 e. The molecule has 0 amide bonds. The lowest BCUT2D eigenvalue weighted by Gasteiger charge is -2.27. The number of hydrogen-bond acceptors (Lipinski definition) is 3. The Balaban J connectivity index is 3.07. The average molecular weight is 327 g/mol. The Morgan fingerprint density at radius 1 is 1.33 bits per heavy atom. The summed E-state index contributed by atoms with van der Waals surface area (Å²) in [6, 6.07) is 4.96. The summed E-state index contributed by atoms with van der Waals surface area (Å²) < 4.78 is 38.1. The van der Waals surface area contributed by atoms with Crippen LogP contribution in [0.5, 0.6) is 0 Å². The predicted molar refractivity (Wildman–Crippen MR) is 67.4 cm³/mol. The maximum atomic E-state index is 12.5. The van der Waals surface area contributed by atoms with Crippen LogP contribution in [0.15, 0.2) is 22.7 Å². The molecule has 1 rings (SSSR count). The van der Waals surface area contributed by atoms with Gasteiger partial charge in [0.25, 0.3) is 0 Å². The van der Waals surface area contributed by atoms with E-state index in [2.05, 4.69) is 15.9 Å². The summed E-state index contributed by atoms with van der Waals surface area (Å²) in [5.74, 6) is 0. The number of aliphatic hydroxyl groups excluding tert-OH is 1. The van der Waals surface area contributed by atoms with Crippen molar-refractivity contribution in [3.63, 3.8) is 0 Å². The first-order valence-corrected chi connectivity index (χ1v) is 6.07. The average Bonchev–Trinajstić information content (AvgIpc) is 2.26. The Morgan fingerprint density at radius 3 is 2.50 bits per heavy atom. The summed E-state index contributed by atoms with van der Waals surface area (Å²) in [5.41, 5.74) is 6.51. The molecule has 0 atom stereocenters. The maximum absolute atomic E-state index is 12.5. The molecule has 0 radical (unpaired) electrons. The summed E-state index contributed by atoms with van der Waals surface area (Å²) in [6.45, 7) is -1.42. The summed E-state index contributed by atoms with van der Waals surface area (Å²) in [4.78, 5) is 1.08. The molecule has 0 heterocycles. The Bertz CT molecular complexity index is 398. The molecule has 0 fully saturated rings. The normalized spacial score (nSPS) is 11.7. The Kier molecular flexibility index (Phi) is 5.43. The minimum Gasteiger partial charge on any atom is -0.395 e. The number of rotatable bonds is 5. The molecule has 1 aromatic carbocycles. The third-order valence-electron chi connectivity index (χ3n) is 2.35. The van der Waals surface area contributed by atoms with Crippen LogP contribution >= 0.6 is 15.9 Å². The van der Waals surface area contributed by atoms with Crippen LogP contribution in [0, 0.1) is 0 Å². The summed E-state index contributed by atoms with van der Waals surface area (Å²) in [5, 5.41) is 8.88. The second kappa shape index (κ2) is 6.40. The summed E-state index contributed by atoms with van der Waals surface area (Å²) in [7, 11) is 0. The number of nitrogens with zero attached hydrogens (tertiary/aromatic N) is 1. The Morgan fingerprint density at radius 2 is 2.00 bits per heavy atom. The fourth-order valence-corrected chi connectivity index (χ4v) is 1.97. The highest BCUT2D eigenvalue weighted by atomic mass is 79.9. The van der Waals surface area contributed by atoms with Gasteiger partial charge in [0.1, 0.15) is 6.54 Å². The van der Waals surface area contributed by atoms with Crippen LogP contribution in [0.25, 0.3) is 0 Å². The van der Waals surface area contributed by atoms with Crippen LogP contribution in [-0.2, 0) is 6.54 Å². The van der Waals surface area contributed by atoms with Crippen molar-refractivity contribution >= 4 is 21.6 Å². The first-order valence-electron chi connectivity index (χ1n) is 5.28. The minimum atomic E-state index is -4.33. The highest BCUT2D eigenvalue weighted by Gasteiger charge is 2.31. The van der Waals surface area contributed by atoms with Crippen LogP contribution in [0.1, 0.15) is 5.56 Å². The van der Waals surface area contributed by atoms with Gasteiger partial charge in [-0.25, -0.2) is 0 Å². The van der Waals surface area contributed by atoms with Gasteiger partial charge in [0, 0.05) is 23.2 Å². The standard InChI is InChI=1S/C11H14BrF3N2O/c12-9-2-1-8(6-16)10(5-9)17(3-4-18)7-11(13,14)15/h1-2,5,18H,3-4,6-7,16H2. The lowest BCUT2D eigenvalue weighted by atomic mass is 10.1. The van der Waals surface area contributed by atoms with Crippen LogP contribution in [-0.4, -0.2) is 31.0 Å². The van der Waals surface area contributed by atoms with Crippen molar-refractivity contribution in [3.05, 3.63) is 28.2 Å². The van der Waals surface area contributed by atoms with E-state index in [1.165, 1.54) is 0 Å². The molecule has 0 aliphatic rings. The number of hydrogen-bond donors (Lipinski definition) is 2. The fourth-order valence-electron chi connectivity index (χ4n) is 1.63. The van der Waals surface area contributed by atoms with E-state index < -0.39 is 12.7 Å². The maximum Gasteiger partial charge on any atom is 0.405 e. The third-order valence-corrected chi connectivity index (χ3v) is 2.84. The van der Waals surface area contributed by atoms with Crippen molar-refractivity contribution < 1.29 is 18.3 Å². The molecule has 0 saturated carbocycles. The van der Waals surface area contributed by atoms with E-state index >= 15 is 0 Å². The van der Waals surface area contributed by atoms with E-state index in [9.17, 15) is 13.2 Å². The monoisotopic (exact) mass is 326 g/mol. The molecule has 0 unspecified atom stereocenters. The number of halogens is 4. The molecular weight excluding hydrogens is 313 g/mol. The molecule has 102 valence electrons. The zero-order chi connectivity index (χ0) is 13.8. The number of benzene rings is 1. The topological polar surface area (TPSA) is 49.5 Å². The first-order chi connectivity index (χ1) is 8.37. The third kappa shape index (κ3) is 4.47. The second-order valence-corrected chi connectivity index (χ2v) is 4.65. The fraction of sp³-hybridized carbons (Fsp3) is 0.455. The van der Waals surface area contributed by atoms with Crippen LogP contribution in [0.2, 0.25) is 0 Å². The van der Waals surface area contributed by atoms with Gasteiger partial charge in [0.05, 0.1) is 6.61 Å². The van der Waals surface area contributed by atoms with Gasteiger partial charge in [-0.15, -0.1) is 0 Å². The lowest BCUT2D eigenvalue weighted by molar-refractivity contribution is -0.119. The summed E-state index contributed by atoms with van der Waals surface area (Å²) in [6.07, 6.45) is -4.33. The second-order valence-electron chi connectivity index (χ2n) is 3.74. The molecule has 18 heavy (non-hydrogen) atoms. The van der Waals surface area contributed by atoms with Gasteiger partial charge in [-0.2, -0.15) is 13.2 Å². The molecule has 7 heteroatoms. The molecule has 0 bridgehead atoms. The van der Waals surface area contributed by atoms with Crippen LogP contribution < -0.4 is 10.6 Å². The van der Waals surface area contributed by atoms with Crippen molar-refractivity contribution in [2.75, 3.05) is 24.6 Å². The zero-order valence-electron chi connectivity index (χ0n) is 9.54. The van der Waals surface area contributed by atoms with Gasteiger partial charge in [0.15, 0.2) is 0 Å².